The van der Waals surface area contributed by atoms with Crippen LogP contribution in [0.4, 0.5) is 0 Å². The van der Waals surface area contributed by atoms with Gasteiger partial charge in [0.05, 0.1) is 0 Å². The normalized spacial score (nSPS) is 28.6. The summed E-state index contributed by atoms with van der Waals surface area (Å²) >= 11 is 0. The van der Waals surface area contributed by atoms with Gasteiger partial charge in [0.25, 0.3) is 0 Å². The molecule has 2 aliphatic carbocycles. The Morgan fingerprint density at radius 1 is 1.04 bits per heavy atom. The van der Waals surface area contributed by atoms with E-state index in [1.54, 1.807) is 0 Å². The van der Waals surface area contributed by atoms with Gasteiger partial charge >= 0.3 is 5.63 Å². The molecule has 2 atom stereocenters. The van der Waals surface area contributed by atoms with E-state index < -0.39 is 0 Å². The second-order valence-corrected chi connectivity index (χ2v) is 7.97. The number of fused-ring (bicyclic) bond motifs is 4. The molecule has 1 aromatic carbocycles. The molecule has 0 saturated heterocycles. The summed E-state index contributed by atoms with van der Waals surface area (Å²) in [5.41, 5.74) is 3.96. The van der Waals surface area contributed by atoms with E-state index in [9.17, 15) is 4.79 Å². The van der Waals surface area contributed by atoms with E-state index in [0.29, 0.717) is 11.5 Å². The summed E-state index contributed by atoms with van der Waals surface area (Å²) in [6.07, 6.45) is 10.1. The summed E-state index contributed by atoms with van der Waals surface area (Å²) in [5.74, 6) is 1.55. The topological polar surface area (TPSA) is 39.4 Å². The van der Waals surface area contributed by atoms with Crippen molar-refractivity contribution in [3.05, 3.63) is 39.2 Å². The molecule has 0 bridgehead atoms. The molecule has 1 saturated carbocycles. The summed E-state index contributed by atoms with van der Waals surface area (Å²) in [5, 5.41) is 1.14. The Bertz CT molecular complexity index is 879. The van der Waals surface area contributed by atoms with Crippen molar-refractivity contribution in [3.8, 4) is 5.75 Å². The summed E-state index contributed by atoms with van der Waals surface area (Å²) in [6, 6.07) is 4.23. The zero-order chi connectivity index (χ0) is 16.3. The molecular weight excluding hydrogens is 300 g/mol. The molecule has 24 heavy (non-hydrogen) atoms. The fourth-order valence-electron chi connectivity index (χ4n) is 5.17. The first-order chi connectivity index (χ1) is 11.7. The second-order valence-electron chi connectivity index (χ2n) is 7.97. The van der Waals surface area contributed by atoms with Gasteiger partial charge in [0, 0.05) is 17.0 Å². The largest absolute Gasteiger partial charge is 0.487 e. The van der Waals surface area contributed by atoms with Crippen LogP contribution in [0, 0.1) is 5.92 Å². The lowest BCUT2D eigenvalue weighted by Crippen LogP contribution is -2.47. The van der Waals surface area contributed by atoms with Crippen LogP contribution < -0.4 is 10.4 Å². The molecule has 2 heterocycles. The third-order valence-corrected chi connectivity index (χ3v) is 6.67. The maximum absolute atomic E-state index is 12.2. The van der Waals surface area contributed by atoms with Crippen LogP contribution in [0.15, 0.2) is 21.3 Å². The highest BCUT2D eigenvalue weighted by atomic mass is 16.5. The summed E-state index contributed by atoms with van der Waals surface area (Å²) < 4.78 is 12.2. The van der Waals surface area contributed by atoms with Gasteiger partial charge in [-0.05, 0) is 74.5 Å². The molecule has 1 fully saturated rings. The fraction of sp³-hybridized carbons (Fsp3) is 0.571. The number of benzene rings is 1. The Balaban J connectivity index is 1.64. The van der Waals surface area contributed by atoms with Crippen molar-refractivity contribution < 1.29 is 9.15 Å². The SMILES string of the molecule is C[C@@H]1CCCC[C@]12CCc1cc3c4c(c(=O)oc3cc1O2)CCC4. The van der Waals surface area contributed by atoms with Crippen LogP contribution in [0.5, 0.6) is 5.75 Å². The van der Waals surface area contributed by atoms with Crippen LogP contribution >= 0.6 is 0 Å². The van der Waals surface area contributed by atoms with Crippen LogP contribution in [0.2, 0.25) is 0 Å². The molecule has 3 nitrogen and oxygen atoms in total. The first-order valence-electron chi connectivity index (χ1n) is 9.47. The van der Waals surface area contributed by atoms with Crippen LogP contribution in [0.25, 0.3) is 11.0 Å². The van der Waals surface area contributed by atoms with Crippen molar-refractivity contribution in [2.75, 3.05) is 0 Å². The average molecular weight is 324 g/mol. The minimum absolute atomic E-state index is 0.00402. The van der Waals surface area contributed by atoms with Crippen LogP contribution in [-0.4, -0.2) is 5.60 Å². The lowest BCUT2D eigenvalue weighted by atomic mass is 9.72. The van der Waals surface area contributed by atoms with Crippen molar-refractivity contribution in [3.63, 3.8) is 0 Å². The van der Waals surface area contributed by atoms with Crippen molar-refractivity contribution in [2.45, 2.75) is 70.3 Å². The van der Waals surface area contributed by atoms with Crippen molar-refractivity contribution in [1.29, 1.82) is 0 Å². The van der Waals surface area contributed by atoms with E-state index in [0.717, 1.165) is 55.2 Å². The third kappa shape index (κ3) is 2.00. The zero-order valence-corrected chi connectivity index (χ0v) is 14.3. The molecule has 126 valence electrons. The molecule has 3 aliphatic rings. The number of aryl methyl sites for hydroxylation is 2. The van der Waals surface area contributed by atoms with Crippen LogP contribution in [0.3, 0.4) is 0 Å². The Labute approximate surface area is 142 Å². The highest BCUT2D eigenvalue weighted by Crippen LogP contribution is 2.46. The van der Waals surface area contributed by atoms with E-state index in [1.165, 1.54) is 30.4 Å². The smallest absolute Gasteiger partial charge is 0.339 e. The number of ether oxygens (including phenoxy) is 1. The van der Waals surface area contributed by atoms with Crippen LogP contribution in [-0.2, 0) is 19.3 Å². The molecule has 5 rings (SSSR count). The molecule has 1 spiro atoms. The van der Waals surface area contributed by atoms with Gasteiger partial charge in [0.15, 0.2) is 0 Å². The van der Waals surface area contributed by atoms with Gasteiger partial charge in [0.1, 0.15) is 16.9 Å². The monoisotopic (exact) mass is 324 g/mol. The Kier molecular flexibility index (Phi) is 3.10. The minimum Gasteiger partial charge on any atom is -0.487 e. The van der Waals surface area contributed by atoms with Crippen molar-refractivity contribution in [2.24, 2.45) is 5.92 Å². The third-order valence-electron chi connectivity index (χ3n) is 6.67. The molecule has 3 heteroatoms. The van der Waals surface area contributed by atoms with E-state index in [4.69, 9.17) is 9.15 Å². The van der Waals surface area contributed by atoms with Gasteiger partial charge in [-0.25, -0.2) is 4.79 Å². The lowest BCUT2D eigenvalue weighted by Gasteiger charge is -2.46. The number of hydrogen-bond donors (Lipinski definition) is 0. The van der Waals surface area contributed by atoms with E-state index in [-0.39, 0.29) is 11.2 Å². The molecule has 1 aromatic heterocycles. The molecule has 0 N–H and O–H groups in total. The van der Waals surface area contributed by atoms with Gasteiger partial charge in [-0.1, -0.05) is 13.3 Å². The molecular formula is C21H24O3. The molecule has 1 aliphatic heterocycles. The van der Waals surface area contributed by atoms with E-state index in [1.807, 2.05) is 6.07 Å². The van der Waals surface area contributed by atoms with Gasteiger partial charge < -0.3 is 9.15 Å². The first-order valence-corrected chi connectivity index (χ1v) is 9.47. The Morgan fingerprint density at radius 2 is 1.92 bits per heavy atom. The van der Waals surface area contributed by atoms with E-state index in [2.05, 4.69) is 13.0 Å². The van der Waals surface area contributed by atoms with Crippen LogP contribution in [0.1, 0.15) is 62.1 Å². The first kappa shape index (κ1) is 14.6. The van der Waals surface area contributed by atoms with Gasteiger partial charge in [-0.2, -0.15) is 0 Å². The highest BCUT2D eigenvalue weighted by molar-refractivity contribution is 5.84. The molecule has 0 amide bonds. The minimum atomic E-state index is -0.147. The maximum atomic E-state index is 12.2. The second kappa shape index (κ2) is 5.11. The Hall–Kier alpha value is -1.77. The predicted octanol–water partition coefficient (Wildman–Crippen LogP) is 4.56. The fourth-order valence-corrected chi connectivity index (χ4v) is 5.17. The standard InChI is InChI=1S/C21H24O3/c1-13-5-2-3-9-21(13)10-8-14-11-17-15-6-4-7-16(15)20(22)23-19(17)12-18(14)24-21/h11-13H,2-10H2,1H3/t13-,21+/m1/s1. The average Bonchev–Trinajstić information content (AvgIpc) is 3.07. The zero-order valence-electron chi connectivity index (χ0n) is 14.3. The molecule has 2 aromatic rings. The molecule has 0 radical (unpaired) electrons. The lowest BCUT2D eigenvalue weighted by molar-refractivity contribution is -0.0331. The van der Waals surface area contributed by atoms with Crippen molar-refractivity contribution >= 4 is 11.0 Å². The number of hydrogen-bond acceptors (Lipinski definition) is 3. The van der Waals surface area contributed by atoms with E-state index >= 15 is 0 Å². The summed E-state index contributed by atoms with van der Waals surface area (Å²) in [7, 11) is 0. The van der Waals surface area contributed by atoms with Gasteiger partial charge in [-0.3, -0.25) is 0 Å². The predicted molar refractivity (Wildman–Crippen MR) is 93.8 cm³/mol. The summed E-state index contributed by atoms with van der Waals surface area (Å²) in [6.45, 7) is 2.33. The summed E-state index contributed by atoms with van der Waals surface area (Å²) in [4.78, 5) is 12.2. The number of rotatable bonds is 0. The maximum Gasteiger partial charge on any atom is 0.339 e. The molecule has 0 unspecified atom stereocenters. The Morgan fingerprint density at radius 3 is 2.79 bits per heavy atom. The quantitative estimate of drug-likeness (QED) is 0.667. The van der Waals surface area contributed by atoms with Gasteiger partial charge in [0.2, 0.25) is 0 Å². The van der Waals surface area contributed by atoms with Crippen molar-refractivity contribution in [1.82, 2.24) is 0 Å². The van der Waals surface area contributed by atoms with Gasteiger partial charge in [-0.15, -0.1) is 0 Å². The highest BCUT2D eigenvalue weighted by Gasteiger charge is 2.43.